The molecule has 2 aromatic heterocycles. The summed E-state index contributed by atoms with van der Waals surface area (Å²) in [6.45, 7) is 2.83. The first-order valence-electron chi connectivity index (χ1n) is 7.10. The Morgan fingerprint density at radius 2 is 2.04 bits per heavy atom. The minimum Gasteiger partial charge on any atom is -0.312 e. The maximum absolute atomic E-state index is 13.2. The summed E-state index contributed by atoms with van der Waals surface area (Å²) in [5.41, 5.74) is 1.11. The van der Waals surface area contributed by atoms with E-state index < -0.39 is 30.2 Å². The van der Waals surface area contributed by atoms with Gasteiger partial charge in [-0.2, -0.15) is 18.3 Å². The van der Waals surface area contributed by atoms with Crippen LogP contribution < -0.4 is 4.90 Å². The predicted molar refractivity (Wildman–Crippen MR) is 79.3 cm³/mol. The number of alkyl halides is 3. The van der Waals surface area contributed by atoms with Gasteiger partial charge in [0.05, 0.1) is 42.1 Å². The standard InChI is InChI=1S/C15H16F4N4O/c1-9(5-15(17,18)19)14(24)22(3)13-8-23(21-10(13)2)12-4-11(16)6-20-7-12/h4,6-9H,5H2,1-3H3. The van der Waals surface area contributed by atoms with Gasteiger partial charge in [-0.15, -0.1) is 0 Å². The van der Waals surface area contributed by atoms with E-state index in [2.05, 4.69) is 10.1 Å². The van der Waals surface area contributed by atoms with E-state index >= 15 is 0 Å². The molecular weight excluding hydrogens is 328 g/mol. The van der Waals surface area contributed by atoms with Crippen molar-refractivity contribution in [3.05, 3.63) is 36.2 Å². The second-order valence-corrected chi connectivity index (χ2v) is 5.52. The van der Waals surface area contributed by atoms with Crippen molar-refractivity contribution in [2.24, 2.45) is 5.92 Å². The average molecular weight is 344 g/mol. The van der Waals surface area contributed by atoms with Gasteiger partial charge in [0.2, 0.25) is 5.91 Å². The molecule has 0 aliphatic rings. The molecule has 1 unspecified atom stereocenters. The lowest BCUT2D eigenvalue weighted by atomic mass is 10.1. The third-order valence-electron chi connectivity index (χ3n) is 3.48. The Morgan fingerprint density at radius 1 is 1.38 bits per heavy atom. The number of carbonyl (C=O) groups excluding carboxylic acids is 1. The van der Waals surface area contributed by atoms with E-state index in [1.54, 1.807) is 6.92 Å². The van der Waals surface area contributed by atoms with Gasteiger partial charge in [-0.05, 0) is 6.92 Å². The first-order valence-corrected chi connectivity index (χ1v) is 7.10. The van der Waals surface area contributed by atoms with Crippen molar-refractivity contribution >= 4 is 11.6 Å². The Morgan fingerprint density at radius 3 is 2.62 bits per heavy atom. The molecule has 130 valence electrons. The van der Waals surface area contributed by atoms with Crippen molar-refractivity contribution in [1.29, 1.82) is 0 Å². The zero-order chi connectivity index (χ0) is 18.1. The molecule has 0 radical (unpaired) electrons. The van der Waals surface area contributed by atoms with Crippen molar-refractivity contribution in [3.63, 3.8) is 0 Å². The fourth-order valence-electron chi connectivity index (χ4n) is 2.32. The van der Waals surface area contributed by atoms with Crippen LogP contribution in [0.3, 0.4) is 0 Å². The lowest BCUT2D eigenvalue weighted by Gasteiger charge is -2.21. The van der Waals surface area contributed by atoms with E-state index in [4.69, 9.17) is 0 Å². The van der Waals surface area contributed by atoms with Gasteiger partial charge in [0, 0.05) is 19.0 Å². The van der Waals surface area contributed by atoms with Gasteiger partial charge in [-0.3, -0.25) is 9.78 Å². The second-order valence-electron chi connectivity index (χ2n) is 5.52. The number of pyridine rings is 1. The molecule has 0 aromatic carbocycles. The summed E-state index contributed by atoms with van der Waals surface area (Å²) in [4.78, 5) is 17.0. The lowest BCUT2D eigenvalue weighted by molar-refractivity contribution is -0.151. The van der Waals surface area contributed by atoms with Crippen LogP contribution in [0, 0.1) is 18.7 Å². The highest BCUT2D eigenvalue weighted by Gasteiger charge is 2.34. The fourth-order valence-corrected chi connectivity index (χ4v) is 2.32. The highest BCUT2D eigenvalue weighted by Crippen LogP contribution is 2.28. The minimum atomic E-state index is -4.41. The molecule has 0 aliphatic heterocycles. The molecule has 0 saturated heterocycles. The van der Waals surface area contributed by atoms with Gasteiger partial charge in [0.25, 0.3) is 0 Å². The van der Waals surface area contributed by atoms with Crippen molar-refractivity contribution < 1.29 is 22.4 Å². The SMILES string of the molecule is Cc1nn(-c2cncc(F)c2)cc1N(C)C(=O)C(C)CC(F)(F)F. The summed E-state index contributed by atoms with van der Waals surface area (Å²) in [6.07, 6.45) is -1.74. The van der Waals surface area contributed by atoms with Crippen LogP contribution in [0.1, 0.15) is 19.0 Å². The molecule has 2 aromatic rings. The van der Waals surface area contributed by atoms with Crippen molar-refractivity contribution in [2.45, 2.75) is 26.4 Å². The number of aromatic nitrogens is 3. The zero-order valence-electron chi connectivity index (χ0n) is 13.3. The van der Waals surface area contributed by atoms with E-state index in [0.29, 0.717) is 17.1 Å². The van der Waals surface area contributed by atoms with Crippen LogP contribution in [-0.2, 0) is 4.79 Å². The fraction of sp³-hybridized carbons (Fsp3) is 0.400. The van der Waals surface area contributed by atoms with Crippen molar-refractivity contribution in [1.82, 2.24) is 14.8 Å². The number of halogens is 4. The summed E-state index contributed by atoms with van der Waals surface area (Å²) in [5.74, 6) is -2.44. The molecule has 5 nitrogen and oxygen atoms in total. The van der Waals surface area contributed by atoms with Crippen LogP contribution in [0.15, 0.2) is 24.7 Å². The average Bonchev–Trinajstić information content (AvgIpc) is 2.86. The van der Waals surface area contributed by atoms with Crippen LogP contribution in [0.5, 0.6) is 0 Å². The van der Waals surface area contributed by atoms with E-state index in [1.807, 2.05) is 0 Å². The number of hydrogen-bond acceptors (Lipinski definition) is 3. The van der Waals surface area contributed by atoms with Crippen molar-refractivity contribution in [3.8, 4) is 5.69 Å². The maximum atomic E-state index is 13.2. The molecule has 9 heteroatoms. The largest absolute Gasteiger partial charge is 0.389 e. The van der Waals surface area contributed by atoms with Crippen LogP contribution >= 0.6 is 0 Å². The summed E-state index contributed by atoms with van der Waals surface area (Å²) >= 11 is 0. The molecule has 0 N–H and O–H groups in total. The predicted octanol–water partition coefficient (Wildman–Crippen LogP) is 3.27. The molecule has 2 rings (SSSR count). The van der Waals surface area contributed by atoms with E-state index in [9.17, 15) is 22.4 Å². The first-order chi connectivity index (χ1) is 11.1. The van der Waals surface area contributed by atoms with Gasteiger partial charge in [-0.25, -0.2) is 9.07 Å². The molecule has 2 heterocycles. The second kappa shape index (κ2) is 6.58. The smallest absolute Gasteiger partial charge is 0.312 e. The highest BCUT2D eigenvalue weighted by atomic mass is 19.4. The third-order valence-corrected chi connectivity index (χ3v) is 3.48. The normalized spacial score (nSPS) is 13.0. The Balaban J connectivity index is 2.24. The molecule has 0 aliphatic carbocycles. The molecular formula is C15H16F4N4O. The Kier molecular flexibility index (Phi) is 4.91. The molecule has 1 atom stereocenters. The summed E-state index contributed by atoms with van der Waals surface area (Å²) in [6, 6.07) is 1.21. The number of anilines is 1. The molecule has 1 amide bonds. The number of carbonyl (C=O) groups is 1. The quantitative estimate of drug-likeness (QED) is 0.800. The first kappa shape index (κ1) is 17.9. The van der Waals surface area contributed by atoms with Gasteiger partial charge in [-0.1, -0.05) is 6.92 Å². The van der Waals surface area contributed by atoms with Gasteiger partial charge >= 0.3 is 6.18 Å². The van der Waals surface area contributed by atoms with Gasteiger partial charge < -0.3 is 4.90 Å². The maximum Gasteiger partial charge on any atom is 0.389 e. The van der Waals surface area contributed by atoms with Crippen molar-refractivity contribution in [2.75, 3.05) is 11.9 Å². The molecule has 0 bridgehead atoms. The Hall–Kier alpha value is -2.45. The van der Waals surface area contributed by atoms with Gasteiger partial charge in [0.15, 0.2) is 0 Å². The molecule has 0 fully saturated rings. The Labute approximate surface area is 135 Å². The third kappa shape index (κ3) is 4.09. The molecule has 0 spiro atoms. The summed E-state index contributed by atoms with van der Waals surface area (Å²) in [5, 5.41) is 4.15. The minimum absolute atomic E-state index is 0.341. The van der Waals surface area contributed by atoms with Crippen LogP contribution in [-0.4, -0.2) is 33.9 Å². The van der Waals surface area contributed by atoms with Crippen LogP contribution in [0.2, 0.25) is 0 Å². The highest BCUT2D eigenvalue weighted by molar-refractivity contribution is 5.94. The summed E-state index contributed by atoms with van der Waals surface area (Å²) < 4.78 is 51.9. The number of aryl methyl sites for hydroxylation is 1. The zero-order valence-corrected chi connectivity index (χ0v) is 13.3. The molecule has 0 saturated carbocycles. The number of amides is 1. The monoisotopic (exact) mass is 344 g/mol. The lowest BCUT2D eigenvalue weighted by Crippen LogP contribution is -2.34. The topological polar surface area (TPSA) is 51.0 Å². The number of rotatable bonds is 4. The number of nitrogens with zero attached hydrogens (tertiary/aromatic N) is 4. The molecule has 24 heavy (non-hydrogen) atoms. The van der Waals surface area contributed by atoms with E-state index in [0.717, 1.165) is 11.1 Å². The van der Waals surface area contributed by atoms with E-state index in [1.165, 1.54) is 37.1 Å². The Bertz CT molecular complexity index is 741. The van der Waals surface area contributed by atoms with Crippen LogP contribution in [0.25, 0.3) is 5.69 Å². The van der Waals surface area contributed by atoms with E-state index in [-0.39, 0.29) is 0 Å². The summed E-state index contributed by atoms with van der Waals surface area (Å²) in [7, 11) is 1.38. The van der Waals surface area contributed by atoms with Crippen LogP contribution in [0.4, 0.5) is 23.2 Å². The number of hydrogen-bond donors (Lipinski definition) is 0. The van der Waals surface area contributed by atoms with Gasteiger partial charge in [0.1, 0.15) is 5.82 Å².